The summed E-state index contributed by atoms with van der Waals surface area (Å²) in [7, 11) is 0. The first-order valence-corrected chi connectivity index (χ1v) is 6.58. The van der Waals surface area contributed by atoms with Gasteiger partial charge in [0.2, 0.25) is 5.91 Å². The second-order valence-electron chi connectivity index (χ2n) is 4.98. The number of nitrogens with zero attached hydrogens (tertiary/aromatic N) is 1. The standard InChI is InChI=1S/C15H18FN3O/c16-14-7-11(2-1-4-17)6-12(8-14)9-19-5-3-13(10-19)15(18)20/h6-8,13H,3-5,9-10,17H2,(H2,18,20). The van der Waals surface area contributed by atoms with E-state index in [-0.39, 0.29) is 24.2 Å². The maximum atomic E-state index is 13.5. The van der Waals surface area contributed by atoms with Crippen LogP contribution in [0.1, 0.15) is 17.5 Å². The monoisotopic (exact) mass is 275 g/mol. The zero-order valence-electron chi connectivity index (χ0n) is 11.2. The summed E-state index contributed by atoms with van der Waals surface area (Å²) in [4.78, 5) is 13.2. The molecule has 5 heteroatoms. The summed E-state index contributed by atoms with van der Waals surface area (Å²) in [6.07, 6.45) is 0.768. The Bertz CT molecular complexity index is 562. The molecule has 0 radical (unpaired) electrons. The van der Waals surface area contributed by atoms with Gasteiger partial charge in [0.05, 0.1) is 12.5 Å². The van der Waals surface area contributed by atoms with E-state index in [0.717, 1.165) is 18.5 Å². The zero-order chi connectivity index (χ0) is 14.5. The highest BCUT2D eigenvalue weighted by molar-refractivity contribution is 5.77. The molecule has 0 aliphatic carbocycles. The fourth-order valence-electron chi connectivity index (χ4n) is 2.43. The number of primary amides is 1. The minimum Gasteiger partial charge on any atom is -0.369 e. The Morgan fingerprint density at radius 3 is 2.90 bits per heavy atom. The summed E-state index contributed by atoms with van der Waals surface area (Å²) in [5.74, 6) is 4.87. The van der Waals surface area contributed by atoms with Crippen molar-refractivity contribution in [3.63, 3.8) is 0 Å². The highest BCUT2D eigenvalue weighted by atomic mass is 19.1. The first kappa shape index (κ1) is 14.5. The molecule has 0 spiro atoms. The van der Waals surface area contributed by atoms with Gasteiger partial charge in [-0.15, -0.1) is 0 Å². The molecule has 4 nitrogen and oxygen atoms in total. The molecule has 20 heavy (non-hydrogen) atoms. The molecule has 1 fully saturated rings. The van der Waals surface area contributed by atoms with Crippen LogP contribution < -0.4 is 11.5 Å². The molecule has 1 aliphatic heterocycles. The number of rotatable bonds is 3. The average molecular weight is 275 g/mol. The summed E-state index contributed by atoms with van der Waals surface area (Å²) < 4.78 is 13.5. The summed E-state index contributed by atoms with van der Waals surface area (Å²) >= 11 is 0. The van der Waals surface area contributed by atoms with Gasteiger partial charge in [-0.1, -0.05) is 11.8 Å². The first-order valence-electron chi connectivity index (χ1n) is 6.58. The summed E-state index contributed by atoms with van der Waals surface area (Å²) in [6, 6.07) is 4.73. The highest BCUT2D eigenvalue weighted by Crippen LogP contribution is 2.19. The number of hydrogen-bond donors (Lipinski definition) is 2. The summed E-state index contributed by atoms with van der Waals surface area (Å²) in [6.45, 7) is 2.28. The van der Waals surface area contributed by atoms with Gasteiger partial charge in [0, 0.05) is 18.7 Å². The van der Waals surface area contributed by atoms with Crippen molar-refractivity contribution in [1.82, 2.24) is 4.90 Å². The number of benzene rings is 1. The Kier molecular flexibility index (Phi) is 4.72. The van der Waals surface area contributed by atoms with Gasteiger partial charge in [-0.3, -0.25) is 9.69 Å². The Balaban J connectivity index is 2.06. The van der Waals surface area contributed by atoms with Crippen LogP contribution in [0.5, 0.6) is 0 Å². The van der Waals surface area contributed by atoms with Gasteiger partial charge >= 0.3 is 0 Å². The molecule has 1 saturated heterocycles. The fraction of sp³-hybridized carbons (Fsp3) is 0.400. The molecule has 2 rings (SSSR count). The maximum Gasteiger partial charge on any atom is 0.221 e. The zero-order valence-corrected chi connectivity index (χ0v) is 11.2. The van der Waals surface area contributed by atoms with Crippen LogP contribution in [-0.4, -0.2) is 30.4 Å². The largest absolute Gasteiger partial charge is 0.369 e. The third-order valence-corrected chi connectivity index (χ3v) is 3.37. The molecule has 106 valence electrons. The minimum absolute atomic E-state index is 0.0972. The van der Waals surface area contributed by atoms with Gasteiger partial charge in [0.1, 0.15) is 5.82 Å². The van der Waals surface area contributed by atoms with E-state index in [9.17, 15) is 9.18 Å². The SMILES string of the molecule is NCC#Cc1cc(F)cc(CN2CCC(C(N)=O)C2)c1. The lowest BCUT2D eigenvalue weighted by Crippen LogP contribution is -2.27. The number of carbonyl (C=O) groups is 1. The Hall–Kier alpha value is -1.90. The van der Waals surface area contributed by atoms with Crippen molar-refractivity contribution in [2.45, 2.75) is 13.0 Å². The molecule has 0 aromatic heterocycles. The minimum atomic E-state index is -0.311. The van der Waals surface area contributed by atoms with Gasteiger partial charge in [-0.25, -0.2) is 4.39 Å². The lowest BCUT2D eigenvalue weighted by atomic mass is 10.1. The van der Waals surface area contributed by atoms with Crippen molar-refractivity contribution in [2.75, 3.05) is 19.6 Å². The smallest absolute Gasteiger partial charge is 0.221 e. The average Bonchev–Trinajstić information content (AvgIpc) is 2.84. The Labute approximate surface area is 117 Å². The maximum absolute atomic E-state index is 13.5. The quantitative estimate of drug-likeness (QED) is 0.786. The van der Waals surface area contributed by atoms with Crippen LogP contribution in [-0.2, 0) is 11.3 Å². The van der Waals surface area contributed by atoms with Crippen molar-refractivity contribution in [1.29, 1.82) is 0 Å². The van der Waals surface area contributed by atoms with Gasteiger partial charge in [-0.2, -0.15) is 0 Å². The molecule has 4 N–H and O–H groups in total. The van der Waals surface area contributed by atoms with Crippen LogP contribution in [0.3, 0.4) is 0 Å². The van der Waals surface area contributed by atoms with Crippen molar-refractivity contribution in [2.24, 2.45) is 17.4 Å². The topological polar surface area (TPSA) is 72.3 Å². The lowest BCUT2D eigenvalue weighted by Gasteiger charge is -2.15. The second kappa shape index (κ2) is 6.51. The van der Waals surface area contributed by atoms with Crippen LogP contribution in [0, 0.1) is 23.6 Å². The molecule has 1 amide bonds. The number of nitrogens with two attached hydrogens (primary N) is 2. The van der Waals surface area contributed by atoms with E-state index in [1.54, 1.807) is 0 Å². The molecule has 1 heterocycles. The van der Waals surface area contributed by atoms with E-state index < -0.39 is 0 Å². The van der Waals surface area contributed by atoms with Crippen LogP contribution in [0.15, 0.2) is 18.2 Å². The number of halogens is 1. The van der Waals surface area contributed by atoms with Crippen molar-refractivity contribution in [3.05, 3.63) is 35.1 Å². The molecule has 1 unspecified atom stereocenters. The van der Waals surface area contributed by atoms with Gasteiger partial charge in [0.25, 0.3) is 0 Å². The predicted octanol–water partition coefficient (Wildman–Crippen LogP) is 0.443. The molecule has 1 atom stereocenters. The summed E-state index contributed by atoms with van der Waals surface area (Å²) in [5.41, 5.74) is 12.1. The number of hydrogen-bond acceptors (Lipinski definition) is 3. The molecule has 1 aromatic rings. The van der Waals surface area contributed by atoms with E-state index in [4.69, 9.17) is 11.5 Å². The van der Waals surface area contributed by atoms with Crippen LogP contribution in [0.4, 0.5) is 4.39 Å². The highest BCUT2D eigenvalue weighted by Gasteiger charge is 2.26. The molecule has 1 aromatic carbocycles. The van der Waals surface area contributed by atoms with E-state index >= 15 is 0 Å². The van der Waals surface area contributed by atoms with Crippen molar-refractivity contribution < 1.29 is 9.18 Å². The first-order chi connectivity index (χ1) is 9.58. The van der Waals surface area contributed by atoms with Crippen LogP contribution >= 0.6 is 0 Å². The third-order valence-electron chi connectivity index (χ3n) is 3.37. The van der Waals surface area contributed by atoms with Crippen molar-refractivity contribution >= 4 is 5.91 Å². The number of amides is 1. The van der Waals surface area contributed by atoms with Gasteiger partial charge in [0.15, 0.2) is 0 Å². The molecular weight excluding hydrogens is 257 g/mol. The fourth-order valence-corrected chi connectivity index (χ4v) is 2.43. The second-order valence-corrected chi connectivity index (χ2v) is 4.98. The Morgan fingerprint density at radius 2 is 2.25 bits per heavy atom. The molecule has 1 aliphatic rings. The Morgan fingerprint density at radius 1 is 1.45 bits per heavy atom. The van der Waals surface area contributed by atoms with E-state index in [0.29, 0.717) is 18.7 Å². The predicted molar refractivity (Wildman–Crippen MR) is 74.9 cm³/mol. The van der Waals surface area contributed by atoms with Crippen molar-refractivity contribution in [3.8, 4) is 11.8 Å². The molecular formula is C15H18FN3O. The normalized spacial score (nSPS) is 18.6. The number of likely N-dealkylation sites (tertiary alicyclic amines) is 1. The summed E-state index contributed by atoms with van der Waals surface area (Å²) in [5, 5.41) is 0. The third kappa shape index (κ3) is 3.80. The number of carbonyl (C=O) groups excluding carboxylic acids is 1. The van der Waals surface area contributed by atoms with Gasteiger partial charge < -0.3 is 11.5 Å². The van der Waals surface area contributed by atoms with Crippen LogP contribution in [0.25, 0.3) is 0 Å². The van der Waals surface area contributed by atoms with Gasteiger partial charge in [-0.05, 0) is 36.7 Å². The molecule has 0 bridgehead atoms. The van der Waals surface area contributed by atoms with E-state index in [2.05, 4.69) is 16.7 Å². The lowest BCUT2D eigenvalue weighted by molar-refractivity contribution is -0.121. The van der Waals surface area contributed by atoms with Crippen LogP contribution in [0.2, 0.25) is 0 Å². The van der Waals surface area contributed by atoms with E-state index in [1.165, 1.54) is 12.1 Å². The molecule has 0 saturated carbocycles. The van der Waals surface area contributed by atoms with E-state index in [1.807, 2.05) is 6.07 Å².